The molecule has 2 saturated carbocycles. The zero-order valence-electron chi connectivity index (χ0n) is 17.5. The van der Waals surface area contributed by atoms with Crippen LogP contribution < -0.4 is 15.6 Å². The van der Waals surface area contributed by atoms with Crippen molar-refractivity contribution in [2.45, 2.75) is 89.3 Å². The Bertz CT molecular complexity index is 899. The van der Waals surface area contributed by atoms with Gasteiger partial charge in [-0.15, -0.1) is 0 Å². The fraction of sp³-hybridized carbons (Fsp3) is 0.682. The first-order valence-electron chi connectivity index (χ1n) is 10.9. The zero-order chi connectivity index (χ0) is 21.6. The summed E-state index contributed by atoms with van der Waals surface area (Å²) in [5.74, 6) is 0.558. The molecule has 1 amide bonds. The molecule has 1 heterocycles. The van der Waals surface area contributed by atoms with Crippen LogP contribution in [0.25, 0.3) is 0 Å². The van der Waals surface area contributed by atoms with Crippen molar-refractivity contribution in [3.8, 4) is 18.0 Å². The quantitative estimate of drug-likeness (QED) is 0.624. The highest BCUT2D eigenvalue weighted by molar-refractivity contribution is 5.77. The molecule has 1 N–H and O–H groups in total. The lowest BCUT2D eigenvalue weighted by Gasteiger charge is -2.25. The van der Waals surface area contributed by atoms with Gasteiger partial charge >= 0.3 is 0 Å². The summed E-state index contributed by atoms with van der Waals surface area (Å²) in [5.41, 5.74) is -1.09. The summed E-state index contributed by atoms with van der Waals surface area (Å²) in [5, 5.41) is 20.9. The molecule has 8 heteroatoms. The standard InChI is InChI=1S/C22H29N5O3/c1-2-3-4-5-18-25-20(30-17-8-6-16(13-23)7-9-17)12-21(29)27(18)14-19(28)26-22(15-24)10-11-22/h12,16-17H,2-11,14H2,1H3,(H,26,28). The van der Waals surface area contributed by atoms with Crippen molar-refractivity contribution in [3.05, 3.63) is 22.2 Å². The van der Waals surface area contributed by atoms with Gasteiger partial charge in [-0.3, -0.25) is 14.2 Å². The highest BCUT2D eigenvalue weighted by atomic mass is 16.5. The molecule has 0 aromatic carbocycles. The molecule has 0 spiro atoms. The largest absolute Gasteiger partial charge is 0.474 e. The summed E-state index contributed by atoms with van der Waals surface area (Å²) in [7, 11) is 0. The number of nitrogens with zero attached hydrogens (tertiary/aromatic N) is 4. The second-order valence-electron chi connectivity index (χ2n) is 8.35. The molecule has 2 aliphatic rings. The van der Waals surface area contributed by atoms with Gasteiger partial charge in [0, 0.05) is 12.3 Å². The molecular formula is C22H29N5O3. The highest BCUT2D eigenvalue weighted by Crippen LogP contribution is 2.34. The van der Waals surface area contributed by atoms with Crippen molar-refractivity contribution >= 4 is 5.91 Å². The summed E-state index contributed by atoms with van der Waals surface area (Å²) in [4.78, 5) is 29.7. The van der Waals surface area contributed by atoms with E-state index in [0.717, 1.165) is 44.9 Å². The van der Waals surface area contributed by atoms with Crippen molar-refractivity contribution in [1.82, 2.24) is 14.9 Å². The number of aryl methyl sites for hydroxylation is 1. The molecule has 160 valence electrons. The van der Waals surface area contributed by atoms with E-state index in [1.54, 1.807) is 0 Å². The summed E-state index contributed by atoms with van der Waals surface area (Å²) < 4.78 is 7.35. The third-order valence-electron chi connectivity index (χ3n) is 5.86. The Hall–Kier alpha value is -2.87. The normalized spacial score (nSPS) is 21.8. The number of carbonyl (C=O) groups is 1. The lowest BCUT2D eigenvalue weighted by atomic mass is 9.88. The minimum absolute atomic E-state index is 0.0468. The highest BCUT2D eigenvalue weighted by Gasteiger charge is 2.44. The molecule has 0 unspecified atom stereocenters. The average Bonchev–Trinajstić information content (AvgIpc) is 3.51. The van der Waals surface area contributed by atoms with Gasteiger partial charge < -0.3 is 10.1 Å². The van der Waals surface area contributed by atoms with E-state index in [1.165, 1.54) is 10.6 Å². The number of unbranched alkanes of at least 4 members (excludes halogenated alkanes) is 2. The molecular weight excluding hydrogens is 382 g/mol. The molecule has 0 aliphatic heterocycles. The molecule has 8 nitrogen and oxygen atoms in total. The first-order valence-corrected chi connectivity index (χ1v) is 10.9. The Kier molecular flexibility index (Phi) is 7.10. The van der Waals surface area contributed by atoms with E-state index in [-0.39, 0.29) is 30.0 Å². The maximum atomic E-state index is 12.8. The van der Waals surface area contributed by atoms with Gasteiger partial charge in [0.1, 0.15) is 24.0 Å². The predicted octanol–water partition coefficient (Wildman–Crippen LogP) is 2.61. The molecule has 3 rings (SSSR count). The summed E-state index contributed by atoms with van der Waals surface area (Å²) in [6.45, 7) is 1.95. The molecule has 1 aromatic rings. The lowest BCUT2D eigenvalue weighted by Crippen LogP contribution is -2.40. The van der Waals surface area contributed by atoms with Crippen LogP contribution in [0.5, 0.6) is 5.88 Å². The van der Waals surface area contributed by atoms with Gasteiger partial charge in [0.05, 0.1) is 18.2 Å². The van der Waals surface area contributed by atoms with Gasteiger partial charge in [0.15, 0.2) is 0 Å². The van der Waals surface area contributed by atoms with Crippen LogP contribution in [0.4, 0.5) is 0 Å². The number of ether oxygens (including phenoxy) is 1. The number of amides is 1. The van der Waals surface area contributed by atoms with Gasteiger partial charge in [-0.2, -0.15) is 15.5 Å². The predicted molar refractivity (Wildman–Crippen MR) is 109 cm³/mol. The molecule has 0 radical (unpaired) electrons. The van der Waals surface area contributed by atoms with Crippen LogP contribution in [0.3, 0.4) is 0 Å². The molecule has 0 saturated heterocycles. The van der Waals surface area contributed by atoms with E-state index < -0.39 is 5.54 Å². The molecule has 2 aliphatic carbocycles. The van der Waals surface area contributed by atoms with E-state index in [2.05, 4.69) is 29.4 Å². The van der Waals surface area contributed by atoms with Crippen LogP contribution in [0.2, 0.25) is 0 Å². The molecule has 0 bridgehead atoms. The van der Waals surface area contributed by atoms with E-state index in [1.807, 2.05) is 0 Å². The minimum atomic E-state index is -0.762. The van der Waals surface area contributed by atoms with Crippen LogP contribution in [-0.4, -0.2) is 27.1 Å². The van der Waals surface area contributed by atoms with Gasteiger partial charge in [0.2, 0.25) is 11.8 Å². The number of nitrogens with one attached hydrogen (secondary N) is 1. The smallest absolute Gasteiger partial charge is 0.257 e. The zero-order valence-corrected chi connectivity index (χ0v) is 17.5. The first-order chi connectivity index (χ1) is 14.5. The Labute approximate surface area is 176 Å². The van der Waals surface area contributed by atoms with Crippen LogP contribution in [0.1, 0.15) is 70.5 Å². The summed E-state index contributed by atoms with van der Waals surface area (Å²) in [6, 6.07) is 5.77. The van der Waals surface area contributed by atoms with Crippen molar-refractivity contribution < 1.29 is 9.53 Å². The molecule has 1 aromatic heterocycles. The van der Waals surface area contributed by atoms with Crippen molar-refractivity contribution in [2.24, 2.45) is 5.92 Å². The third kappa shape index (κ3) is 5.60. The summed E-state index contributed by atoms with van der Waals surface area (Å²) >= 11 is 0. The van der Waals surface area contributed by atoms with Gasteiger partial charge in [0.25, 0.3) is 5.56 Å². The second kappa shape index (κ2) is 9.75. The number of nitriles is 2. The Morgan fingerprint density at radius 1 is 1.30 bits per heavy atom. The average molecular weight is 412 g/mol. The number of aromatic nitrogens is 2. The number of rotatable bonds is 9. The van der Waals surface area contributed by atoms with E-state index in [0.29, 0.717) is 31.0 Å². The Balaban J connectivity index is 1.73. The van der Waals surface area contributed by atoms with Crippen molar-refractivity contribution in [2.75, 3.05) is 0 Å². The van der Waals surface area contributed by atoms with Gasteiger partial charge in [-0.1, -0.05) is 19.8 Å². The van der Waals surface area contributed by atoms with Crippen molar-refractivity contribution in [1.29, 1.82) is 10.5 Å². The van der Waals surface area contributed by atoms with Gasteiger partial charge in [-0.25, -0.2) is 0 Å². The SMILES string of the molecule is CCCCCc1nc(OC2CCC(C#N)CC2)cc(=O)n1CC(=O)NC1(C#N)CC1. The van der Waals surface area contributed by atoms with Crippen molar-refractivity contribution in [3.63, 3.8) is 0 Å². The number of hydrogen-bond donors (Lipinski definition) is 1. The fourth-order valence-corrected chi connectivity index (χ4v) is 3.80. The van der Waals surface area contributed by atoms with Crippen LogP contribution in [0, 0.1) is 28.6 Å². The number of carbonyl (C=O) groups excluding carboxylic acids is 1. The fourth-order valence-electron chi connectivity index (χ4n) is 3.80. The molecule has 0 atom stereocenters. The second-order valence-corrected chi connectivity index (χ2v) is 8.35. The monoisotopic (exact) mass is 411 g/mol. The van der Waals surface area contributed by atoms with E-state index in [9.17, 15) is 9.59 Å². The van der Waals surface area contributed by atoms with Crippen LogP contribution in [0.15, 0.2) is 10.9 Å². The van der Waals surface area contributed by atoms with Crippen LogP contribution in [-0.2, 0) is 17.8 Å². The van der Waals surface area contributed by atoms with E-state index >= 15 is 0 Å². The summed E-state index contributed by atoms with van der Waals surface area (Å²) in [6.07, 6.45) is 7.86. The maximum Gasteiger partial charge on any atom is 0.257 e. The Morgan fingerprint density at radius 3 is 2.63 bits per heavy atom. The lowest BCUT2D eigenvalue weighted by molar-refractivity contribution is -0.122. The van der Waals surface area contributed by atoms with E-state index in [4.69, 9.17) is 15.3 Å². The molecule has 30 heavy (non-hydrogen) atoms. The Morgan fingerprint density at radius 2 is 2.03 bits per heavy atom. The topological polar surface area (TPSA) is 121 Å². The minimum Gasteiger partial charge on any atom is -0.474 e. The van der Waals surface area contributed by atoms with Gasteiger partial charge in [-0.05, 0) is 44.9 Å². The molecule has 2 fully saturated rings. The first kappa shape index (κ1) is 21.8. The maximum absolute atomic E-state index is 12.8. The third-order valence-corrected chi connectivity index (χ3v) is 5.86. The van der Waals surface area contributed by atoms with Crippen LogP contribution >= 0.6 is 0 Å². The number of hydrogen-bond acceptors (Lipinski definition) is 6.